The van der Waals surface area contributed by atoms with Gasteiger partial charge >= 0.3 is 0 Å². The molecule has 0 aliphatic carbocycles. The lowest BCUT2D eigenvalue weighted by Crippen LogP contribution is -2.32. The molecule has 0 bridgehead atoms. The molecular formula is C13H20BrNO2S2. The Balaban J connectivity index is 2.48. The SMILES string of the molecule is CCN(Cc1ccc(Br)s1)C(=O)CSC(C)C(C)O. The summed E-state index contributed by atoms with van der Waals surface area (Å²) < 4.78 is 1.09. The molecule has 1 heterocycles. The van der Waals surface area contributed by atoms with Gasteiger partial charge in [0.1, 0.15) is 0 Å². The van der Waals surface area contributed by atoms with Crippen LogP contribution in [-0.4, -0.2) is 39.6 Å². The van der Waals surface area contributed by atoms with Crippen molar-refractivity contribution in [1.82, 2.24) is 4.90 Å². The highest BCUT2D eigenvalue weighted by Gasteiger charge is 2.16. The molecule has 0 aliphatic rings. The van der Waals surface area contributed by atoms with Gasteiger partial charge in [0.25, 0.3) is 0 Å². The van der Waals surface area contributed by atoms with Crippen LogP contribution in [0, 0.1) is 0 Å². The van der Waals surface area contributed by atoms with Crippen LogP contribution in [0.3, 0.4) is 0 Å². The molecule has 1 N–H and O–H groups in total. The molecule has 0 aliphatic heterocycles. The molecule has 1 aromatic rings. The normalized spacial score (nSPS) is 14.2. The third-order valence-electron chi connectivity index (χ3n) is 2.86. The van der Waals surface area contributed by atoms with Gasteiger partial charge in [0, 0.05) is 16.7 Å². The number of carbonyl (C=O) groups is 1. The van der Waals surface area contributed by atoms with Gasteiger partial charge in [-0.3, -0.25) is 4.79 Å². The number of carbonyl (C=O) groups excluding carboxylic acids is 1. The number of thiophene rings is 1. The van der Waals surface area contributed by atoms with Crippen molar-refractivity contribution in [2.45, 2.75) is 38.7 Å². The minimum atomic E-state index is -0.388. The largest absolute Gasteiger partial charge is 0.392 e. The lowest BCUT2D eigenvalue weighted by molar-refractivity contribution is -0.128. The first kappa shape index (κ1) is 17.0. The zero-order valence-electron chi connectivity index (χ0n) is 11.4. The smallest absolute Gasteiger partial charge is 0.232 e. The van der Waals surface area contributed by atoms with Gasteiger partial charge in [-0.05, 0) is 41.9 Å². The van der Waals surface area contributed by atoms with Crippen molar-refractivity contribution in [3.63, 3.8) is 0 Å². The van der Waals surface area contributed by atoms with Crippen LogP contribution < -0.4 is 0 Å². The minimum absolute atomic E-state index is 0.0820. The molecule has 0 fully saturated rings. The van der Waals surface area contributed by atoms with Crippen molar-refractivity contribution in [1.29, 1.82) is 0 Å². The number of nitrogens with zero attached hydrogens (tertiary/aromatic N) is 1. The fourth-order valence-electron chi connectivity index (χ4n) is 1.43. The predicted molar refractivity (Wildman–Crippen MR) is 86.7 cm³/mol. The molecule has 108 valence electrons. The van der Waals surface area contributed by atoms with Crippen LogP contribution in [0.4, 0.5) is 0 Å². The maximum Gasteiger partial charge on any atom is 0.232 e. The molecule has 0 aromatic carbocycles. The molecule has 0 radical (unpaired) electrons. The maximum absolute atomic E-state index is 12.1. The van der Waals surface area contributed by atoms with E-state index >= 15 is 0 Å². The van der Waals surface area contributed by atoms with Crippen molar-refractivity contribution < 1.29 is 9.90 Å². The molecule has 3 nitrogen and oxygen atoms in total. The number of aliphatic hydroxyl groups is 1. The molecule has 0 saturated heterocycles. The standard InChI is InChI=1S/C13H20BrNO2S2/c1-4-15(7-11-5-6-12(14)19-11)13(17)8-18-10(3)9(2)16/h5-6,9-10,16H,4,7-8H2,1-3H3. The van der Waals surface area contributed by atoms with Crippen LogP contribution in [0.15, 0.2) is 15.9 Å². The summed E-state index contributed by atoms with van der Waals surface area (Å²) in [4.78, 5) is 15.2. The molecule has 2 unspecified atom stereocenters. The van der Waals surface area contributed by atoms with E-state index in [1.165, 1.54) is 16.6 Å². The first-order chi connectivity index (χ1) is 8.93. The summed E-state index contributed by atoms with van der Waals surface area (Å²) in [5, 5.41) is 9.50. The highest BCUT2D eigenvalue weighted by Crippen LogP contribution is 2.23. The number of thioether (sulfide) groups is 1. The minimum Gasteiger partial charge on any atom is -0.392 e. The third-order valence-corrected chi connectivity index (χ3v) is 5.80. The Morgan fingerprint density at radius 1 is 1.53 bits per heavy atom. The van der Waals surface area contributed by atoms with Crippen molar-refractivity contribution in [2.75, 3.05) is 12.3 Å². The lowest BCUT2D eigenvalue weighted by atomic mass is 10.3. The van der Waals surface area contributed by atoms with Gasteiger partial charge in [-0.2, -0.15) is 0 Å². The number of amides is 1. The zero-order chi connectivity index (χ0) is 14.4. The average Bonchev–Trinajstić information content (AvgIpc) is 2.77. The van der Waals surface area contributed by atoms with E-state index in [-0.39, 0.29) is 17.3 Å². The Labute approximate surface area is 131 Å². The van der Waals surface area contributed by atoms with E-state index in [0.717, 1.165) is 3.79 Å². The summed E-state index contributed by atoms with van der Waals surface area (Å²) >= 11 is 6.59. The van der Waals surface area contributed by atoms with Gasteiger partial charge in [-0.1, -0.05) is 6.92 Å². The Morgan fingerprint density at radius 3 is 2.68 bits per heavy atom. The molecule has 1 rings (SSSR count). The fourth-order valence-corrected chi connectivity index (χ4v) is 3.80. The molecule has 0 saturated carbocycles. The van der Waals surface area contributed by atoms with Crippen LogP contribution >= 0.6 is 39.0 Å². The Morgan fingerprint density at radius 2 is 2.21 bits per heavy atom. The second-order valence-corrected chi connectivity index (χ2v) is 8.28. The molecule has 0 spiro atoms. The van der Waals surface area contributed by atoms with Gasteiger partial charge < -0.3 is 10.0 Å². The van der Waals surface area contributed by atoms with Crippen LogP contribution in [-0.2, 0) is 11.3 Å². The van der Waals surface area contributed by atoms with Gasteiger partial charge in [0.05, 0.1) is 22.2 Å². The van der Waals surface area contributed by atoms with Crippen molar-refractivity contribution in [3.8, 4) is 0 Å². The molecule has 1 amide bonds. The van der Waals surface area contributed by atoms with Crippen molar-refractivity contribution >= 4 is 44.9 Å². The quantitative estimate of drug-likeness (QED) is 0.805. The summed E-state index contributed by atoms with van der Waals surface area (Å²) in [6.07, 6.45) is -0.388. The van der Waals surface area contributed by atoms with Crippen molar-refractivity contribution in [3.05, 3.63) is 20.8 Å². The van der Waals surface area contributed by atoms with Crippen LogP contribution in [0.5, 0.6) is 0 Å². The van der Waals surface area contributed by atoms with E-state index in [1.807, 2.05) is 30.9 Å². The highest BCUT2D eigenvalue weighted by atomic mass is 79.9. The van der Waals surface area contributed by atoms with Crippen molar-refractivity contribution in [2.24, 2.45) is 0 Å². The monoisotopic (exact) mass is 365 g/mol. The highest BCUT2D eigenvalue weighted by molar-refractivity contribution is 9.11. The summed E-state index contributed by atoms with van der Waals surface area (Å²) in [5.74, 6) is 0.552. The molecule has 19 heavy (non-hydrogen) atoms. The Bertz CT molecular complexity index is 409. The number of aliphatic hydroxyl groups excluding tert-OH is 1. The van der Waals surface area contributed by atoms with E-state index < -0.39 is 0 Å². The van der Waals surface area contributed by atoms with Crippen LogP contribution in [0.25, 0.3) is 0 Å². The second kappa shape index (κ2) is 8.29. The average molecular weight is 366 g/mol. The lowest BCUT2D eigenvalue weighted by Gasteiger charge is -2.21. The maximum atomic E-state index is 12.1. The first-order valence-corrected chi connectivity index (χ1v) is 8.91. The molecule has 6 heteroatoms. The van der Waals surface area contributed by atoms with E-state index in [9.17, 15) is 9.90 Å². The van der Waals surface area contributed by atoms with Gasteiger partial charge in [0.15, 0.2) is 0 Å². The molecule has 2 atom stereocenters. The summed E-state index contributed by atoms with van der Waals surface area (Å²) in [5.41, 5.74) is 0. The van der Waals surface area contributed by atoms with Crippen LogP contribution in [0.2, 0.25) is 0 Å². The van der Waals surface area contributed by atoms with E-state index in [0.29, 0.717) is 18.8 Å². The summed E-state index contributed by atoms with van der Waals surface area (Å²) in [6.45, 7) is 7.05. The van der Waals surface area contributed by atoms with Gasteiger partial charge in [-0.15, -0.1) is 23.1 Å². The summed E-state index contributed by atoms with van der Waals surface area (Å²) in [6, 6.07) is 4.04. The topological polar surface area (TPSA) is 40.5 Å². The third kappa shape index (κ3) is 5.85. The first-order valence-electron chi connectivity index (χ1n) is 6.25. The van der Waals surface area contributed by atoms with E-state index in [4.69, 9.17) is 0 Å². The molecule has 1 aromatic heterocycles. The van der Waals surface area contributed by atoms with E-state index in [2.05, 4.69) is 15.9 Å². The Hall–Kier alpha value is -0.0400. The summed E-state index contributed by atoms with van der Waals surface area (Å²) in [7, 11) is 0. The number of hydrogen-bond acceptors (Lipinski definition) is 4. The number of hydrogen-bond donors (Lipinski definition) is 1. The number of rotatable bonds is 7. The zero-order valence-corrected chi connectivity index (χ0v) is 14.6. The Kier molecular flexibility index (Phi) is 7.42. The van der Waals surface area contributed by atoms with Gasteiger partial charge in [0.2, 0.25) is 5.91 Å². The van der Waals surface area contributed by atoms with Gasteiger partial charge in [-0.25, -0.2) is 0 Å². The fraction of sp³-hybridized carbons (Fsp3) is 0.615. The number of halogens is 1. The van der Waals surface area contributed by atoms with E-state index in [1.54, 1.807) is 18.3 Å². The predicted octanol–water partition coefficient (Wildman–Crippen LogP) is 3.36. The van der Waals surface area contributed by atoms with Crippen LogP contribution in [0.1, 0.15) is 25.6 Å². The second-order valence-electron chi connectivity index (χ2n) is 4.37. The molecular weight excluding hydrogens is 346 g/mol.